The summed E-state index contributed by atoms with van der Waals surface area (Å²) in [6.07, 6.45) is -0.855. The lowest BCUT2D eigenvalue weighted by Crippen LogP contribution is -2.50. The van der Waals surface area contributed by atoms with E-state index in [4.69, 9.17) is 18.9 Å². The largest absolute Gasteiger partial charge is 0.485 e. The Balaban J connectivity index is 1.35. The molecule has 1 unspecified atom stereocenters. The van der Waals surface area contributed by atoms with E-state index in [0.717, 1.165) is 0 Å². The summed E-state index contributed by atoms with van der Waals surface area (Å²) in [6.45, 7) is 0.181. The second-order valence-corrected chi connectivity index (χ2v) is 5.38. The minimum atomic E-state index is -0.855. The molecule has 2 aliphatic rings. The Kier molecular flexibility index (Phi) is 3.77. The van der Waals surface area contributed by atoms with E-state index < -0.39 is 17.9 Å². The first kappa shape index (κ1) is 15.1. The number of hydrazine groups is 1. The number of fused-ring (bicyclic) bond motifs is 2. The number of hydrogen-bond acceptors (Lipinski definition) is 6. The zero-order valence-corrected chi connectivity index (χ0v) is 13.0. The van der Waals surface area contributed by atoms with E-state index in [0.29, 0.717) is 28.6 Å². The summed E-state index contributed by atoms with van der Waals surface area (Å²) in [7, 11) is 0. The molecule has 2 aromatic rings. The van der Waals surface area contributed by atoms with E-state index in [1.165, 1.54) is 0 Å². The van der Waals surface area contributed by atoms with Crippen molar-refractivity contribution in [1.82, 2.24) is 10.9 Å². The number of amides is 2. The Morgan fingerprint density at radius 2 is 1.64 bits per heavy atom. The van der Waals surface area contributed by atoms with E-state index >= 15 is 0 Å². The summed E-state index contributed by atoms with van der Waals surface area (Å²) in [6, 6.07) is 11.8. The highest BCUT2D eigenvalue weighted by Crippen LogP contribution is 2.32. The minimum absolute atomic E-state index is 0.0583. The van der Waals surface area contributed by atoms with Crippen LogP contribution in [0.4, 0.5) is 0 Å². The summed E-state index contributed by atoms with van der Waals surface area (Å²) in [5, 5.41) is 0. The molecule has 2 aromatic carbocycles. The summed E-state index contributed by atoms with van der Waals surface area (Å²) < 4.78 is 21.4. The van der Waals surface area contributed by atoms with E-state index in [2.05, 4.69) is 10.9 Å². The molecule has 25 heavy (non-hydrogen) atoms. The number of nitrogens with one attached hydrogen (secondary N) is 2. The molecule has 1 atom stereocenters. The maximum atomic E-state index is 12.2. The molecule has 0 saturated carbocycles. The lowest BCUT2D eigenvalue weighted by molar-refractivity contribution is -0.131. The number of carbonyl (C=O) groups is 2. The third-order valence-electron chi connectivity index (χ3n) is 3.74. The molecule has 8 heteroatoms. The van der Waals surface area contributed by atoms with Crippen molar-refractivity contribution >= 4 is 11.8 Å². The fraction of sp³-hybridized carbons (Fsp3) is 0.176. The Labute approximate surface area is 142 Å². The van der Waals surface area contributed by atoms with Crippen molar-refractivity contribution in [1.29, 1.82) is 0 Å². The summed E-state index contributed by atoms with van der Waals surface area (Å²) in [5.41, 5.74) is 5.00. The lowest BCUT2D eigenvalue weighted by Gasteiger charge is -2.25. The molecule has 0 aromatic heterocycles. The topological polar surface area (TPSA) is 95.1 Å². The Morgan fingerprint density at radius 3 is 2.52 bits per heavy atom. The van der Waals surface area contributed by atoms with Crippen molar-refractivity contribution in [2.45, 2.75) is 6.10 Å². The van der Waals surface area contributed by atoms with Crippen LogP contribution in [0.3, 0.4) is 0 Å². The number of rotatable bonds is 2. The van der Waals surface area contributed by atoms with Gasteiger partial charge in [-0.05, 0) is 30.3 Å². The van der Waals surface area contributed by atoms with Crippen molar-refractivity contribution < 1.29 is 28.5 Å². The number of carbonyl (C=O) groups excluding carboxylic acids is 2. The second-order valence-electron chi connectivity index (χ2n) is 5.38. The maximum absolute atomic E-state index is 12.2. The molecule has 128 valence electrons. The molecular formula is C17H14N2O6. The molecule has 0 radical (unpaired) electrons. The molecule has 4 rings (SSSR count). The SMILES string of the molecule is O=C(NNC(=O)C1COc2ccccc2O1)c1ccc2c(c1)OCO2. The second kappa shape index (κ2) is 6.23. The summed E-state index contributed by atoms with van der Waals surface area (Å²) in [4.78, 5) is 24.3. The number of hydrogen-bond donors (Lipinski definition) is 2. The standard InChI is InChI=1S/C17H14N2O6/c20-16(10-5-6-12-14(7-10)24-9-23-12)18-19-17(21)15-8-22-11-3-1-2-4-13(11)25-15/h1-7,15H,8-9H2,(H,18,20)(H,19,21). The van der Waals surface area contributed by atoms with Crippen LogP contribution in [0.2, 0.25) is 0 Å². The average Bonchev–Trinajstić information content (AvgIpc) is 3.13. The Morgan fingerprint density at radius 1 is 0.880 bits per heavy atom. The van der Waals surface area contributed by atoms with Crippen LogP contribution in [-0.2, 0) is 4.79 Å². The van der Waals surface area contributed by atoms with Crippen molar-refractivity contribution in [3.8, 4) is 23.0 Å². The molecule has 8 nitrogen and oxygen atoms in total. The number of para-hydroxylation sites is 2. The van der Waals surface area contributed by atoms with Gasteiger partial charge in [0.25, 0.3) is 11.8 Å². The highest BCUT2D eigenvalue weighted by Gasteiger charge is 2.27. The zero-order chi connectivity index (χ0) is 17.2. The lowest BCUT2D eigenvalue weighted by atomic mass is 10.2. The van der Waals surface area contributed by atoms with E-state index in [1.807, 2.05) is 6.07 Å². The highest BCUT2D eigenvalue weighted by atomic mass is 16.7. The maximum Gasteiger partial charge on any atom is 0.283 e. The molecule has 2 heterocycles. The monoisotopic (exact) mass is 342 g/mol. The average molecular weight is 342 g/mol. The Bertz CT molecular complexity index is 838. The van der Waals surface area contributed by atoms with E-state index in [1.54, 1.807) is 36.4 Å². The molecular weight excluding hydrogens is 328 g/mol. The van der Waals surface area contributed by atoms with Gasteiger partial charge in [0, 0.05) is 5.56 Å². The highest BCUT2D eigenvalue weighted by molar-refractivity contribution is 5.96. The van der Waals surface area contributed by atoms with Crippen LogP contribution in [0.1, 0.15) is 10.4 Å². The van der Waals surface area contributed by atoms with Crippen LogP contribution in [0.25, 0.3) is 0 Å². The molecule has 0 saturated heterocycles. The molecule has 2 amide bonds. The van der Waals surface area contributed by atoms with Gasteiger partial charge < -0.3 is 18.9 Å². The number of benzene rings is 2. The molecule has 2 N–H and O–H groups in total. The van der Waals surface area contributed by atoms with Gasteiger partial charge in [-0.2, -0.15) is 0 Å². The van der Waals surface area contributed by atoms with Crippen LogP contribution in [0.5, 0.6) is 23.0 Å². The van der Waals surface area contributed by atoms with Crippen LogP contribution < -0.4 is 29.8 Å². The Hall–Kier alpha value is -3.42. The number of ether oxygens (including phenoxy) is 4. The third kappa shape index (κ3) is 3.01. The van der Waals surface area contributed by atoms with Crippen LogP contribution >= 0.6 is 0 Å². The summed E-state index contributed by atoms with van der Waals surface area (Å²) in [5.74, 6) is 1.13. The first-order valence-electron chi connectivity index (χ1n) is 7.59. The van der Waals surface area contributed by atoms with Crippen molar-refractivity contribution in [3.05, 3.63) is 48.0 Å². The van der Waals surface area contributed by atoms with Gasteiger partial charge in [-0.1, -0.05) is 12.1 Å². The fourth-order valence-electron chi connectivity index (χ4n) is 2.46. The van der Waals surface area contributed by atoms with Gasteiger partial charge in [0.2, 0.25) is 12.9 Å². The molecule has 0 bridgehead atoms. The van der Waals surface area contributed by atoms with Gasteiger partial charge in [-0.3, -0.25) is 20.4 Å². The fourth-order valence-corrected chi connectivity index (χ4v) is 2.46. The van der Waals surface area contributed by atoms with Gasteiger partial charge >= 0.3 is 0 Å². The van der Waals surface area contributed by atoms with Gasteiger partial charge in [-0.15, -0.1) is 0 Å². The van der Waals surface area contributed by atoms with Crippen LogP contribution in [0.15, 0.2) is 42.5 Å². The molecule has 0 fully saturated rings. The van der Waals surface area contributed by atoms with E-state index in [9.17, 15) is 9.59 Å². The molecule has 0 aliphatic carbocycles. The van der Waals surface area contributed by atoms with E-state index in [-0.39, 0.29) is 13.4 Å². The van der Waals surface area contributed by atoms with Gasteiger partial charge in [0.1, 0.15) is 6.61 Å². The van der Waals surface area contributed by atoms with Gasteiger partial charge in [0.15, 0.2) is 23.0 Å². The smallest absolute Gasteiger partial charge is 0.283 e. The predicted octanol–water partition coefficient (Wildman–Crippen LogP) is 1.02. The van der Waals surface area contributed by atoms with Crippen LogP contribution in [-0.4, -0.2) is 31.3 Å². The molecule has 2 aliphatic heterocycles. The van der Waals surface area contributed by atoms with Gasteiger partial charge in [0.05, 0.1) is 0 Å². The van der Waals surface area contributed by atoms with Crippen LogP contribution in [0, 0.1) is 0 Å². The first-order valence-corrected chi connectivity index (χ1v) is 7.59. The molecule has 0 spiro atoms. The quantitative estimate of drug-likeness (QED) is 0.791. The minimum Gasteiger partial charge on any atom is -0.485 e. The zero-order valence-electron chi connectivity index (χ0n) is 13.0. The third-order valence-corrected chi connectivity index (χ3v) is 3.74. The van der Waals surface area contributed by atoms with Crippen molar-refractivity contribution in [3.63, 3.8) is 0 Å². The summed E-state index contributed by atoms with van der Waals surface area (Å²) >= 11 is 0. The van der Waals surface area contributed by atoms with Crippen molar-refractivity contribution in [2.75, 3.05) is 13.4 Å². The van der Waals surface area contributed by atoms with Gasteiger partial charge in [-0.25, -0.2) is 0 Å². The predicted molar refractivity (Wildman–Crippen MR) is 84.5 cm³/mol. The van der Waals surface area contributed by atoms with Crippen molar-refractivity contribution in [2.24, 2.45) is 0 Å². The first-order chi connectivity index (χ1) is 12.2. The normalized spacial score (nSPS) is 16.9.